The summed E-state index contributed by atoms with van der Waals surface area (Å²) in [7, 11) is 1.25. The molecule has 2 aliphatic rings. The molecule has 0 bridgehead atoms. The first kappa shape index (κ1) is 18.1. The quantitative estimate of drug-likeness (QED) is 0.493. The normalized spacial score (nSPS) is 19.8. The van der Waals surface area contributed by atoms with Crippen molar-refractivity contribution >= 4 is 29.0 Å². The molecular formula is C18H17ClN2O5. The Balaban J connectivity index is 2.27. The fourth-order valence-electron chi connectivity index (χ4n) is 3.54. The van der Waals surface area contributed by atoms with Crippen LogP contribution < -0.4 is 5.32 Å². The van der Waals surface area contributed by atoms with Crippen LogP contribution in [-0.4, -0.2) is 23.8 Å². The molecule has 1 heterocycles. The monoisotopic (exact) mass is 376 g/mol. The molecule has 0 radical (unpaired) electrons. The summed E-state index contributed by atoms with van der Waals surface area (Å²) in [5.41, 5.74) is 2.16. The van der Waals surface area contributed by atoms with Gasteiger partial charge < -0.3 is 10.1 Å². The first-order valence-electron chi connectivity index (χ1n) is 8.11. The summed E-state index contributed by atoms with van der Waals surface area (Å²) in [5.74, 6) is -1.49. The van der Waals surface area contributed by atoms with Crippen LogP contribution in [0.15, 0.2) is 40.7 Å². The SMILES string of the molecule is COC(=O)C1=C(C)NC2=C(C(=O)CCC2)[C@H]1c1cc([N+](=O)[O-])ccc1Cl. The minimum atomic E-state index is -0.793. The number of nitrogens with zero attached hydrogens (tertiary/aromatic N) is 1. The molecule has 136 valence electrons. The maximum atomic E-state index is 12.7. The molecule has 8 heteroatoms. The van der Waals surface area contributed by atoms with Crippen molar-refractivity contribution in [1.82, 2.24) is 5.32 Å². The Hall–Kier alpha value is -2.67. The molecule has 0 unspecified atom stereocenters. The van der Waals surface area contributed by atoms with Crippen molar-refractivity contribution in [3.8, 4) is 0 Å². The van der Waals surface area contributed by atoms with E-state index in [4.69, 9.17) is 16.3 Å². The minimum absolute atomic E-state index is 0.0970. The molecule has 1 atom stereocenters. The fraction of sp³-hybridized carbons (Fsp3) is 0.333. The zero-order valence-corrected chi connectivity index (χ0v) is 15.1. The third-order valence-corrected chi connectivity index (χ3v) is 5.03. The number of methoxy groups -OCH3 is 1. The van der Waals surface area contributed by atoms with Gasteiger partial charge in [0.1, 0.15) is 0 Å². The van der Waals surface area contributed by atoms with E-state index in [1.807, 2.05) is 0 Å². The number of benzene rings is 1. The summed E-state index contributed by atoms with van der Waals surface area (Å²) in [6, 6.07) is 4.02. The standard InChI is InChI=1S/C18H17ClN2O5/c1-9-15(18(23)26-2)16(17-13(20-9)4-3-5-14(17)22)11-8-10(21(24)25)6-7-12(11)19/h6-8,16,20H,3-5H2,1-2H3/t16-/m0/s1. The van der Waals surface area contributed by atoms with Crippen LogP contribution in [0.3, 0.4) is 0 Å². The Bertz CT molecular complexity index is 888. The fourth-order valence-corrected chi connectivity index (χ4v) is 3.77. The average molecular weight is 377 g/mol. The Morgan fingerprint density at radius 2 is 2.12 bits per heavy atom. The highest BCUT2D eigenvalue weighted by molar-refractivity contribution is 6.31. The lowest BCUT2D eigenvalue weighted by atomic mass is 9.75. The zero-order chi connectivity index (χ0) is 19.0. The van der Waals surface area contributed by atoms with E-state index in [1.54, 1.807) is 6.92 Å². The Kier molecular flexibility index (Phi) is 4.82. The molecule has 0 spiro atoms. The maximum absolute atomic E-state index is 12.7. The van der Waals surface area contributed by atoms with Crippen LogP contribution in [0.1, 0.15) is 37.7 Å². The highest BCUT2D eigenvalue weighted by Gasteiger charge is 2.40. The second-order valence-electron chi connectivity index (χ2n) is 6.22. The molecule has 1 aromatic rings. The van der Waals surface area contributed by atoms with Crippen molar-refractivity contribution in [3.63, 3.8) is 0 Å². The smallest absolute Gasteiger partial charge is 0.336 e. The highest BCUT2D eigenvalue weighted by Crippen LogP contribution is 2.45. The second-order valence-corrected chi connectivity index (χ2v) is 6.63. The number of nitro benzene ring substituents is 1. The van der Waals surface area contributed by atoms with Crippen LogP contribution in [0.25, 0.3) is 0 Å². The Morgan fingerprint density at radius 3 is 2.77 bits per heavy atom. The number of hydrogen-bond acceptors (Lipinski definition) is 6. The number of halogens is 1. The number of ketones is 1. The molecule has 1 aliphatic carbocycles. The molecule has 26 heavy (non-hydrogen) atoms. The van der Waals surface area contributed by atoms with Crippen molar-refractivity contribution < 1.29 is 19.2 Å². The molecule has 0 amide bonds. The van der Waals surface area contributed by atoms with Gasteiger partial charge in [0.25, 0.3) is 5.69 Å². The van der Waals surface area contributed by atoms with Crippen LogP contribution in [0.2, 0.25) is 5.02 Å². The van der Waals surface area contributed by atoms with Gasteiger partial charge in [-0.15, -0.1) is 0 Å². The van der Waals surface area contributed by atoms with Crippen molar-refractivity contribution in [2.75, 3.05) is 7.11 Å². The molecule has 3 rings (SSSR count). The number of rotatable bonds is 3. The first-order chi connectivity index (χ1) is 12.3. The number of nitrogens with one attached hydrogen (secondary N) is 1. The molecule has 0 aromatic heterocycles. The van der Waals surface area contributed by atoms with Crippen molar-refractivity contribution in [2.24, 2.45) is 0 Å². The van der Waals surface area contributed by atoms with Gasteiger partial charge in [-0.3, -0.25) is 14.9 Å². The topological polar surface area (TPSA) is 98.5 Å². The number of Topliss-reactive ketones (excluding diaryl/α,β-unsaturated/α-hetero) is 1. The number of ether oxygens (including phenoxy) is 1. The van der Waals surface area contributed by atoms with Gasteiger partial charge in [0.15, 0.2) is 5.78 Å². The lowest BCUT2D eigenvalue weighted by Gasteiger charge is -2.34. The van der Waals surface area contributed by atoms with Crippen molar-refractivity contribution in [3.05, 3.63) is 61.4 Å². The molecule has 0 saturated heterocycles. The molecule has 0 saturated carbocycles. The van der Waals surface area contributed by atoms with Gasteiger partial charge >= 0.3 is 5.97 Å². The summed E-state index contributed by atoms with van der Waals surface area (Å²) >= 11 is 6.32. The number of carbonyl (C=O) groups is 2. The number of dihydropyridines is 1. The zero-order valence-electron chi connectivity index (χ0n) is 14.3. The summed E-state index contributed by atoms with van der Waals surface area (Å²) in [6.45, 7) is 1.72. The van der Waals surface area contributed by atoms with Crippen LogP contribution in [-0.2, 0) is 14.3 Å². The van der Waals surface area contributed by atoms with Gasteiger partial charge in [0.2, 0.25) is 0 Å². The molecular weight excluding hydrogens is 360 g/mol. The number of non-ortho nitro benzene ring substituents is 1. The van der Waals surface area contributed by atoms with Gasteiger partial charge in [-0.25, -0.2) is 4.79 Å². The predicted octanol–water partition coefficient (Wildman–Crippen LogP) is 3.39. The summed E-state index contributed by atoms with van der Waals surface area (Å²) in [6.07, 6.45) is 1.73. The number of allylic oxidation sites excluding steroid dienone is 3. The van der Waals surface area contributed by atoms with Gasteiger partial charge in [-0.1, -0.05) is 11.6 Å². The van der Waals surface area contributed by atoms with Crippen LogP contribution in [0.4, 0.5) is 5.69 Å². The summed E-state index contributed by atoms with van der Waals surface area (Å²) < 4.78 is 4.90. The minimum Gasteiger partial charge on any atom is -0.466 e. The van der Waals surface area contributed by atoms with E-state index in [0.717, 1.165) is 5.70 Å². The number of hydrogen-bond donors (Lipinski definition) is 1. The van der Waals surface area contributed by atoms with Gasteiger partial charge in [-0.2, -0.15) is 0 Å². The second kappa shape index (κ2) is 6.92. The molecule has 7 nitrogen and oxygen atoms in total. The Morgan fingerprint density at radius 1 is 1.38 bits per heavy atom. The number of carbonyl (C=O) groups excluding carboxylic acids is 2. The van der Waals surface area contributed by atoms with E-state index in [-0.39, 0.29) is 22.1 Å². The lowest BCUT2D eigenvalue weighted by molar-refractivity contribution is -0.384. The van der Waals surface area contributed by atoms with E-state index in [2.05, 4.69) is 5.32 Å². The van der Waals surface area contributed by atoms with Crippen molar-refractivity contribution in [1.29, 1.82) is 0 Å². The highest BCUT2D eigenvalue weighted by atomic mass is 35.5. The number of esters is 1. The van der Waals surface area contributed by atoms with E-state index >= 15 is 0 Å². The molecule has 1 aromatic carbocycles. The maximum Gasteiger partial charge on any atom is 0.336 e. The average Bonchev–Trinajstić information content (AvgIpc) is 2.60. The molecule has 0 fully saturated rings. The van der Waals surface area contributed by atoms with E-state index in [1.165, 1.54) is 25.3 Å². The number of nitro groups is 1. The summed E-state index contributed by atoms with van der Waals surface area (Å²) in [4.78, 5) is 35.8. The van der Waals surface area contributed by atoms with Crippen LogP contribution in [0.5, 0.6) is 0 Å². The largest absolute Gasteiger partial charge is 0.466 e. The molecule has 1 N–H and O–H groups in total. The van der Waals surface area contributed by atoms with Gasteiger partial charge in [0, 0.05) is 46.5 Å². The predicted molar refractivity (Wildman–Crippen MR) is 94.6 cm³/mol. The third-order valence-electron chi connectivity index (χ3n) is 4.68. The van der Waals surface area contributed by atoms with Crippen molar-refractivity contribution in [2.45, 2.75) is 32.1 Å². The van der Waals surface area contributed by atoms with Gasteiger partial charge in [0.05, 0.1) is 17.6 Å². The van der Waals surface area contributed by atoms with E-state index in [9.17, 15) is 19.7 Å². The van der Waals surface area contributed by atoms with Gasteiger partial charge in [-0.05, 0) is 31.4 Å². The Labute approximate surface area is 154 Å². The summed E-state index contributed by atoms with van der Waals surface area (Å²) in [5, 5.41) is 14.6. The van der Waals surface area contributed by atoms with E-state index < -0.39 is 16.8 Å². The lowest BCUT2D eigenvalue weighted by Crippen LogP contribution is -2.34. The first-order valence-corrected chi connectivity index (χ1v) is 8.49. The van der Waals surface area contributed by atoms with Crippen LogP contribution in [0, 0.1) is 10.1 Å². The van der Waals surface area contributed by atoms with E-state index in [0.29, 0.717) is 36.1 Å². The van der Waals surface area contributed by atoms with Crippen LogP contribution >= 0.6 is 11.6 Å². The third kappa shape index (κ3) is 2.99. The molecule has 1 aliphatic heterocycles.